The third kappa shape index (κ3) is 3.31. The second-order valence-electron chi connectivity index (χ2n) is 6.05. The Hall–Kier alpha value is -1.71. The average molecular weight is 340 g/mol. The Morgan fingerprint density at radius 1 is 1.30 bits per heavy atom. The van der Waals surface area contributed by atoms with Crippen LogP contribution in [0.1, 0.15) is 0 Å². The molecule has 4 rings (SSSR count). The van der Waals surface area contributed by atoms with Crippen LogP contribution < -0.4 is 5.32 Å². The maximum atomic E-state index is 11.8. The van der Waals surface area contributed by atoms with Crippen molar-refractivity contribution in [3.63, 3.8) is 0 Å². The predicted octanol–water partition coefficient (Wildman–Crippen LogP) is 0.410. The summed E-state index contributed by atoms with van der Waals surface area (Å²) in [6, 6.07) is 4.65. The number of sulfone groups is 1. The summed E-state index contributed by atoms with van der Waals surface area (Å²) in [6.45, 7) is 5.66. The van der Waals surface area contributed by atoms with Crippen molar-refractivity contribution in [1.29, 1.82) is 0 Å². The number of nitrogens with one attached hydrogen (secondary N) is 1. The Morgan fingerprint density at radius 2 is 2.00 bits per heavy atom. The lowest BCUT2D eigenvalue weighted by molar-refractivity contribution is -0.386. The van der Waals surface area contributed by atoms with Gasteiger partial charge in [0.15, 0.2) is 9.84 Å². The van der Waals surface area contributed by atoms with Crippen LogP contribution >= 0.6 is 0 Å². The Bertz CT molecular complexity index is 713. The highest BCUT2D eigenvalue weighted by Gasteiger charge is 2.32. The second kappa shape index (κ2) is 6.06. The Morgan fingerprint density at radius 3 is 2.52 bits per heavy atom. The molecule has 1 aromatic carbocycles. The molecule has 1 N–H and O–H groups in total. The number of nitrogens with zero attached hydrogens (tertiary/aromatic N) is 3. The molecule has 9 heteroatoms. The molecule has 23 heavy (non-hydrogen) atoms. The molecule has 1 atom stereocenters. The van der Waals surface area contributed by atoms with Gasteiger partial charge >= 0.3 is 5.69 Å². The summed E-state index contributed by atoms with van der Waals surface area (Å²) in [6.07, 6.45) is 0.984. The number of rotatable bonds is 5. The number of hydrogen-bond acceptors (Lipinski definition) is 7. The molecule has 3 aliphatic rings. The molecule has 2 bridgehead atoms. The maximum Gasteiger partial charge on any atom is 0.310 e. The van der Waals surface area contributed by atoms with E-state index < -0.39 is 14.8 Å². The molecule has 0 aromatic heterocycles. The van der Waals surface area contributed by atoms with Crippen molar-refractivity contribution in [3.05, 3.63) is 28.3 Å². The van der Waals surface area contributed by atoms with Crippen LogP contribution in [-0.4, -0.2) is 74.7 Å². The molecule has 3 saturated heterocycles. The molecule has 0 amide bonds. The summed E-state index contributed by atoms with van der Waals surface area (Å²) in [4.78, 5) is 15.2. The molecule has 8 nitrogen and oxygen atoms in total. The first-order valence-corrected chi connectivity index (χ1v) is 9.43. The van der Waals surface area contributed by atoms with Gasteiger partial charge in [-0.05, 0) is 12.1 Å². The SMILES string of the molecule is CS(=O)(=O)c1cccc(NCC2CN3CCN2CC3)c1[N+](=O)[O-]. The van der Waals surface area contributed by atoms with E-state index in [1.54, 1.807) is 6.07 Å². The Kier molecular flexibility index (Phi) is 4.26. The van der Waals surface area contributed by atoms with Crippen molar-refractivity contribution in [2.75, 3.05) is 50.8 Å². The van der Waals surface area contributed by atoms with Gasteiger partial charge in [0.05, 0.1) is 4.92 Å². The molecule has 0 radical (unpaired) electrons. The smallest absolute Gasteiger partial charge is 0.310 e. The molecule has 0 saturated carbocycles. The molecule has 0 spiro atoms. The first-order valence-electron chi connectivity index (χ1n) is 7.54. The van der Waals surface area contributed by atoms with Crippen molar-refractivity contribution in [1.82, 2.24) is 9.80 Å². The minimum absolute atomic E-state index is 0.248. The van der Waals surface area contributed by atoms with Crippen LogP contribution in [0.4, 0.5) is 11.4 Å². The number of fused-ring (bicyclic) bond motifs is 3. The molecular formula is C14H20N4O4S. The minimum Gasteiger partial charge on any atom is -0.378 e. The van der Waals surface area contributed by atoms with Crippen molar-refractivity contribution < 1.29 is 13.3 Å². The van der Waals surface area contributed by atoms with Gasteiger partial charge in [0.25, 0.3) is 0 Å². The highest BCUT2D eigenvalue weighted by atomic mass is 32.2. The second-order valence-corrected chi connectivity index (χ2v) is 8.04. The number of anilines is 1. The lowest BCUT2D eigenvalue weighted by Crippen LogP contribution is -2.62. The number of nitro benzene ring substituents is 1. The molecule has 3 aliphatic heterocycles. The van der Waals surface area contributed by atoms with Crippen LogP contribution in [-0.2, 0) is 9.84 Å². The van der Waals surface area contributed by atoms with Gasteiger partial charge in [-0.25, -0.2) is 8.42 Å². The lowest BCUT2D eigenvalue weighted by Gasteiger charge is -2.47. The number of nitro groups is 1. The van der Waals surface area contributed by atoms with E-state index in [0.717, 1.165) is 39.0 Å². The first kappa shape index (κ1) is 16.2. The standard InChI is InChI=1S/C14H20N4O4S/c1-23(21,22)13-4-2-3-12(14(13)18(19)20)15-9-11-10-16-5-7-17(11)8-6-16/h2-4,11,15H,5-10H2,1H3. The Labute approximate surface area is 135 Å². The van der Waals surface area contributed by atoms with Gasteiger partial charge in [-0.3, -0.25) is 19.9 Å². The van der Waals surface area contributed by atoms with Gasteiger partial charge in [0.1, 0.15) is 10.6 Å². The maximum absolute atomic E-state index is 11.8. The number of para-hydroxylation sites is 1. The summed E-state index contributed by atoms with van der Waals surface area (Å²) < 4.78 is 23.5. The van der Waals surface area contributed by atoms with Gasteiger partial charge in [-0.1, -0.05) is 6.07 Å². The predicted molar refractivity (Wildman–Crippen MR) is 86.5 cm³/mol. The van der Waals surface area contributed by atoms with Gasteiger partial charge in [-0.15, -0.1) is 0 Å². The zero-order valence-electron chi connectivity index (χ0n) is 12.9. The van der Waals surface area contributed by atoms with Crippen LogP contribution in [0.25, 0.3) is 0 Å². The minimum atomic E-state index is -3.65. The number of hydrogen-bond donors (Lipinski definition) is 1. The topological polar surface area (TPSA) is 95.8 Å². The summed E-state index contributed by atoms with van der Waals surface area (Å²) in [7, 11) is -3.65. The van der Waals surface area contributed by atoms with Crippen molar-refractivity contribution >= 4 is 21.2 Å². The number of benzene rings is 1. The average Bonchev–Trinajstić information content (AvgIpc) is 2.52. The van der Waals surface area contributed by atoms with Crippen LogP contribution in [0.2, 0.25) is 0 Å². The zero-order valence-corrected chi connectivity index (χ0v) is 13.8. The van der Waals surface area contributed by atoms with Crippen LogP contribution in [0.15, 0.2) is 23.1 Å². The molecular weight excluding hydrogens is 320 g/mol. The van der Waals surface area contributed by atoms with Crippen molar-refractivity contribution in [2.24, 2.45) is 0 Å². The fourth-order valence-electron chi connectivity index (χ4n) is 3.30. The van der Waals surface area contributed by atoms with Crippen molar-refractivity contribution in [2.45, 2.75) is 10.9 Å². The van der Waals surface area contributed by atoms with E-state index in [-0.39, 0.29) is 16.3 Å². The van der Waals surface area contributed by atoms with E-state index >= 15 is 0 Å². The largest absolute Gasteiger partial charge is 0.378 e. The lowest BCUT2D eigenvalue weighted by atomic mass is 10.1. The summed E-state index contributed by atoms with van der Waals surface area (Å²) in [5, 5.41) is 14.4. The Balaban J connectivity index is 1.81. The molecule has 3 heterocycles. The fraction of sp³-hybridized carbons (Fsp3) is 0.571. The van der Waals surface area contributed by atoms with E-state index in [9.17, 15) is 18.5 Å². The van der Waals surface area contributed by atoms with Crippen LogP contribution in [0.3, 0.4) is 0 Å². The van der Waals surface area contributed by atoms with E-state index in [2.05, 4.69) is 15.1 Å². The van der Waals surface area contributed by atoms with Crippen LogP contribution in [0, 0.1) is 10.1 Å². The van der Waals surface area contributed by atoms with E-state index in [1.165, 1.54) is 12.1 Å². The quantitative estimate of drug-likeness (QED) is 0.612. The van der Waals surface area contributed by atoms with Crippen LogP contribution in [0.5, 0.6) is 0 Å². The third-order valence-electron chi connectivity index (χ3n) is 4.50. The summed E-state index contributed by atoms with van der Waals surface area (Å²) >= 11 is 0. The molecule has 126 valence electrons. The zero-order chi connectivity index (χ0) is 16.6. The van der Waals surface area contributed by atoms with Gasteiger partial charge in [0.2, 0.25) is 0 Å². The van der Waals surface area contributed by atoms with E-state index in [0.29, 0.717) is 12.6 Å². The van der Waals surface area contributed by atoms with Gasteiger partial charge in [0, 0.05) is 51.6 Å². The van der Waals surface area contributed by atoms with E-state index in [4.69, 9.17) is 0 Å². The molecule has 1 unspecified atom stereocenters. The highest BCUT2D eigenvalue weighted by Crippen LogP contribution is 2.32. The highest BCUT2D eigenvalue weighted by molar-refractivity contribution is 7.90. The fourth-order valence-corrected chi connectivity index (χ4v) is 4.16. The van der Waals surface area contributed by atoms with Crippen molar-refractivity contribution in [3.8, 4) is 0 Å². The third-order valence-corrected chi connectivity index (χ3v) is 5.63. The van der Waals surface area contributed by atoms with E-state index in [1.807, 2.05) is 0 Å². The molecule has 0 aliphatic carbocycles. The summed E-state index contributed by atoms with van der Waals surface area (Å²) in [5.74, 6) is 0. The first-order chi connectivity index (χ1) is 10.9. The molecule has 1 aromatic rings. The normalized spacial score (nSPS) is 26.9. The monoisotopic (exact) mass is 340 g/mol. The number of piperazine rings is 3. The van der Waals surface area contributed by atoms with Gasteiger partial charge in [-0.2, -0.15) is 0 Å². The molecule has 3 fully saturated rings. The van der Waals surface area contributed by atoms with Gasteiger partial charge < -0.3 is 5.32 Å². The summed E-state index contributed by atoms with van der Waals surface area (Å²) in [5.41, 5.74) is -0.109.